The lowest BCUT2D eigenvalue weighted by Gasteiger charge is -2.33. The molecule has 5 rings (SSSR count). The van der Waals surface area contributed by atoms with Gasteiger partial charge in [0.15, 0.2) is 0 Å². The SMILES string of the molecule is O=C1CS[C@@]2(C(=O)N(Cc3ccccc3Cl)c3ccccc32)N1c1cccc(C(F)(F)F)c1. The number of para-hydroxylation sites is 1. The molecule has 33 heavy (non-hydrogen) atoms. The lowest BCUT2D eigenvalue weighted by atomic mass is 10.0. The van der Waals surface area contributed by atoms with Crippen molar-refractivity contribution >= 4 is 46.6 Å². The molecule has 0 aromatic heterocycles. The molecule has 1 fully saturated rings. The number of hydrogen-bond donors (Lipinski definition) is 0. The average Bonchev–Trinajstić information content (AvgIpc) is 3.26. The second kappa shape index (κ2) is 7.81. The number of rotatable bonds is 3. The first-order valence-electron chi connectivity index (χ1n) is 10.0. The molecule has 2 aliphatic rings. The third-order valence-corrected chi connectivity index (χ3v) is 7.54. The fourth-order valence-corrected chi connectivity index (χ4v) is 5.89. The van der Waals surface area contributed by atoms with Crippen molar-refractivity contribution in [2.75, 3.05) is 15.6 Å². The van der Waals surface area contributed by atoms with Crippen LogP contribution in [0, 0.1) is 0 Å². The summed E-state index contributed by atoms with van der Waals surface area (Å²) >= 11 is 7.44. The van der Waals surface area contributed by atoms with Gasteiger partial charge in [-0.25, -0.2) is 0 Å². The molecule has 3 aromatic carbocycles. The monoisotopic (exact) mass is 488 g/mol. The molecule has 0 saturated carbocycles. The normalized spacial score (nSPS) is 20.1. The van der Waals surface area contributed by atoms with Crippen molar-refractivity contribution in [2.24, 2.45) is 0 Å². The number of hydrogen-bond acceptors (Lipinski definition) is 3. The van der Waals surface area contributed by atoms with Gasteiger partial charge in [-0.1, -0.05) is 54.1 Å². The maximum atomic E-state index is 14.0. The van der Waals surface area contributed by atoms with Crippen LogP contribution in [0.3, 0.4) is 0 Å². The molecule has 0 unspecified atom stereocenters. The van der Waals surface area contributed by atoms with Gasteiger partial charge >= 0.3 is 6.18 Å². The fourth-order valence-electron chi connectivity index (χ4n) is 4.33. The number of thioether (sulfide) groups is 1. The molecule has 0 bridgehead atoms. The van der Waals surface area contributed by atoms with Crippen molar-refractivity contribution in [3.05, 3.63) is 94.5 Å². The first kappa shape index (κ1) is 21.9. The summed E-state index contributed by atoms with van der Waals surface area (Å²) in [7, 11) is 0. The van der Waals surface area contributed by atoms with Crippen molar-refractivity contribution in [3.8, 4) is 0 Å². The molecular formula is C24H16ClF3N2O2S. The number of carbonyl (C=O) groups excluding carboxylic acids is 2. The molecule has 0 N–H and O–H groups in total. The van der Waals surface area contributed by atoms with Gasteiger partial charge in [0.05, 0.1) is 23.5 Å². The van der Waals surface area contributed by atoms with E-state index in [0.717, 1.165) is 29.5 Å². The highest BCUT2D eigenvalue weighted by molar-refractivity contribution is 8.02. The summed E-state index contributed by atoms with van der Waals surface area (Å²) < 4.78 is 40.1. The molecule has 9 heteroatoms. The summed E-state index contributed by atoms with van der Waals surface area (Å²) in [4.78, 5) is 28.2. The lowest BCUT2D eigenvalue weighted by Crippen LogP contribution is -2.49. The van der Waals surface area contributed by atoms with Gasteiger partial charge in [-0.3, -0.25) is 14.5 Å². The van der Waals surface area contributed by atoms with E-state index in [0.29, 0.717) is 16.3 Å². The smallest absolute Gasteiger partial charge is 0.304 e. The predicted octanol–water partition coefficient (Wildman–Crippen LogP) is 5.84. The summed E-state index contributed by atoms with van der Waals surface area (Å²) in [6.07, 6.45) is -4.58. The molecule has 0 aliphatic carbocycles. The van der Waals surface area contributed by atoms with Gasteiger partial charge in [0.25, 0.3) is 5.91 Å². The minimum atomic E-state index is -4.58. The van der Waals surface area contributed by atoms with Crippen LogP contribution < -0.4 is 9.80 Å². The highest BCUT2D eigenvalue weighted by atomic mass is 35.5. The Morgan fingerprint density at radius 2 is 1.70 bits per heavy atom. The van der Waals surface area contributed by atoms with Gasteiger partial charge in [0.1, 0.15) is 0 Å². The molecule has 4 nitrogen and oxygen atoms in total. The Hall–Kier alpha value is -2.97. The quantitative estimate of drug-likeness (QED) is 0.465. The van der Waals surface area contributed by atoms with E-state index in [1.165, 1.54) is 17.0 Å². The zero-order chi connectivity index (χ0) is 23.4. The third-order valence-electron chi connectivity index (χ3n) is 5.78. The molecule has 3 aromatic rings. The number of benzene rings is 3. The minimum Gasteiger partial charge on any atom is -0.304 e. The van der Waals surface area contributed by atoms with E-state index < -0.39 is 28.4 Å². The number of carbonyl (C=O) groups is 2. The fraction of sp³-hybridized carbons (Fsp3) is 0.167. The van der Waals surface area contributed by atoms with Gasteiger partial charge in [-0.05, 0) is 35.9 Å². The van der Waals surface area contributed by atoms with Crippen LogP contribution in [0.2, 0.25) is 5.02 Å². The van der Waals surface area contributed by atoms with Gasteiger partial charge in [0.2, 0.25) is 10.8 Å². The molecule has 0 radical (unpaired) electrons. The van der Waals surface area contributed by atoms with Gasteiger partial charge in [-0.2, -0.15) is 13.2 Å². The Morgan fingerprint density at radius 1 is 0.970 bits per heavy atom. The molecule has 2 heterocycles. The van der Waals surface area contributed by atoms with Crippen LogP contribution in [-0.2, 0) is 27.2 Å². The zero-order valence-corrected chi connectivity index (χ0v) is 18.5. The summed E-state index contributed by atoms with van der Waals surface area (Å²) in [6.45, 7) is 0.169. The predicted molar refractivity (Wildman–Crippen MR) is 122 cm³/mol. The highest BCUT2D eigenvalue weighted by Crippen LogP contribution is 2.56. The molecular weight excluding hydrogens is 473 g/mol. The Bertz CT molecular complexity index is 1280. The number of anilines is 2. The van der Waals surface area contributed by atoms with Crippen LogP contribution in [0.1, 0.15) is 16.7 Å². The van der Waals surface area contributed by atoms with E-state index in [2.05, 4.69) is 0 Å². The number of fused-ring (bicyclic) bond motifs is 2. The van der Waals surface area contributed by atoms with Crippen molar-refractivity contribution in [1.82, 2.24) is 0 Å². The van der Waals surface area contributed by atoms with Gasteiger partial charge < -0.3 is 4.90 Å². The van der Waals surface area contributed by atoms with Crippen molar-refractivity contribution in [2.45, 2.75) is 17.6 Å². The molecule has 2 aliphatic heterocycles. The summed E-state index contributed by atoms with van der Waals surface area (Å²) in [6, 6.07) is 18.7. The first-order chi connectivity index (χ1) is 15.7. The maximum Gasteiger partial charge on any atom is 0.416 e. The largest absolute Gasteiger partial charge is 0.416 e. The molecule has 1 spiro atoms. The van der Waals surface area contributed by atoms with Crippen molar-refractivity contribution in [3.63, 3.8) is 0 Å². The van der Waals surface area contributed by atoms with Crippen molar-refractivity contribution < 1.29 is 22.8 Å². The van der Waals surface area contributed by atoms with Crippen LogP contribution in [0.15, 0.2) is 72.8 Å². The Morgan fingerprint density at radius 3 is 2.45 bits per heavy atom. The Balaban J connectivity index is 1.65. The van der Waals surface area contributed by atoms with E-state index in [9.17, 15) is 22.8 Å². The van der Waals surface area contributed by atoms with Crippen LogP contribution in [0.5, 0.6) is 0 Å². The second-order valence-corrected chi connectivity index (χ2v) is 9.29. The highest BCUT2D eigenvalue weighted by Gasteiger charge is 2.61. The summed E-state index contributed by atoms with van der Waals surface area (Å²) in [5.74, 6) is -0.852. The zero-order valence-electron chi connectivity index (χ0n) is 17.0. The van der Waals surface area contributed by atoms with E-state index in [4.69, 9.17) is 11.6 Å². The van der Waals surface area contributed by atoms with E-state index in [1.807, 2.05) is 6.07 Å². The van der Waals surface area contributed by atoms with Crippen molar-refractivity contribution in [1.29, 1.82) is 0 Å². The number of nitrogens with zero attached hydrogens (tertiary/aromatic N) is 2. The maximum absolute atomic E-state index is 14.0. The van der Waals surface area contributed by atoms with E-state index in [1.54, 1.807) is 47.4 Å². The van der Waals surface area contributed by atoms with Gasteiger partial charge in [-0.15, -0.1) is 11.8 Å². The second-order valence-electron chi connectivity index (χ2n) is 7.71. The van der Waals surface area contributed by atoms with Crippen LogP contribution in [0.4, 0.5) is 24.5 Å². The number of amides is 2. The summed E-state index contributed by atoms with van der Waals surface area (Å²) in [5.41, 5.74) is 1.03. The number of halogens is 4. The van der Waals surface area contributed by atoms with Crippen LogP contribution >= 0.6 is 23.4 Å². The average molecular weight is 489 g/mol. The standard InChI is InChI=1S/C24H16ClF3N2O2S/c25-19-10-3-1-6-15(19)13-29-20-11-4-2-9-18(20)23(22(29)32)30(21(31)14-33-23)17-8-5-7-16(12-17)24(26,27)28/h1-12H,13-14H2/t23-/m0/s1. The topological polar surface area (TPSA) is 40.6 Å². The number of alkyl halides is 3. The molecule has 168 valence electrons. The van der Waals surface area contributed by atoms with Gasteiger partial charge in [0, 0.05) is 16.3 Å². The Labute approximate surface area is 196 Å². The summed E-state index contributed by atoms with van der Waals surface area (Å²) in [5, 5.41) is 0.494. The third kappa shape index (κ3) is 3.40. The lowest BCUT2D eigenvalue weighted by molar-refractivity contribution is -0.137. The minimum absolute atomic E-state index is 0.0302. The van der Waals surface area contributed by atoms with Crippen LogP contribution in [-0.4, -0.2) is 17.6 Å². The Kier molecular flexibility index (Phi) is 5.17. The van der Waals surface area contributed by atoms with E-state index in [-0.39, 0.29) is 18.0 Å². The first-order valence-corrected chi connectivity index (χ1v) is 11.4. The van der Waals surface area contributed by atoms with Crippen LogP contribution in [0.25, 0.3) is 0 Å². The molecule has 1 atom stereocenters. The molecule has 1 saturated heterocycles. The van der Waals surface area contributed by atoms with E-state index >= 15 is 0 Å². The molecule has 2 amide bonds.